The fraction of sp³-hybridized carbons (Fsp3) is 0.950. The topological polar surface area (TPSA) is 52.1 Å². The molecule has 0 aromatic rings. The predicted octanol–water partition coefficient (Wildman–Crippen LogP) is 1.92. The molecule has 0 amide bonds. The molecule has 6 heteroatoms. The molecule has 1 aliphatic carbocycles. The van der Waals surface area contributed by atoms with Crippen LogP contribution in [0.2, 0.25) is 0 Å². The Labute approximate surface area is 160 Å². The van der Waals surface area contributed by atoms with E-state index in [-0.39, 0.29) is 0 Å². The summed E-state index contributed by atoms with van der Waals surface area (Å²) in [5.74, 6) is 0.919. The number of ether oxygens (including phenoxy) is 1. The Bertz CT molecular complexity index is 376. The lowest BCUT2D eigenvalue weighted by atomic mass is 9.98. The number of likely N-dealkylation sites (N-methyl/N-ethyl adjacent to an activating group) is 1. The largest absolute Gasteiger partial charge is 0.378 e. The number of nitrogens with zero attached hydrogens (tertiary/aromatic N) is 3. The van der Waals surface area contributed by atoms with Gasteiger partial charge < -0.3 is 25.2 Å². The molecule has 1 aliphatic heterocycles. The average molecular weight is 368 g/mol. The van der Waals surface area contributed by atoms with E-state index < -0.39 is 0 Å². The van der Waals surface area contributed by atoms with Crippen molar-refractivity contribution in [1.82, 2.24) is 20.4 Å². The Morgan fingerprint density at radius 1 is 0.962 bits per heavy atom. The summed E-state index contributed by atoms with van der Waals surface area (Å²) in [5, 5.41) is 6.82. The summed E-state index contributed by atoms with van der Waals surface area (Å²) < 4.78 is 5.97. The van der Waals surface area contributed by atoms with E-state index in [1.165, 1.54) is 77.7 Å². The van der Waals surface area contributed by atoms with E-state index in [1.807, 2.05) is 7.05 Å². The van der Waals surface area contributed by atoms with Crippen LogP contribution >= 0.6 is 0 Å². The Balaban J connectivity index is 1.41. The van der Waals surface area contributed by atoms with Gasteiger partial charge in [0.25, 0.3) is 0 Å². The lowest BCUT2D eigenvalue weighted by molar-refractivity contribution is 0.0277. The number of aliphatic imine (C=N–C) groups is 1. The second-order valence-electron chi connectivity index (χ2n) is 7.76. The third kappa shape index (κ3) is 9.19. The molecule has 2 fully saturated rings. The van der Waals surface area contributed by atoms with Crippen LogP contribution in [0.25, 0.3) is 0 Å². The zero-order chi connectivity index (χ0) is 18.5. The van der Waals surface area contributed by atoms with Crippen molar-refractivity contribution in [3.8, 4) is 0 Å². The number of rotatable bonds is 10. The van der Waals surface area contributed by atoms with Crippen LogP contribution in [0.3, 0.4) is 0 Å². The number of piperazine rings is 1. The molecule has 0 atom stereocenters. The van der Waals surface area contributed by atoms with E-state index >= 15 is 0 Å². The normalized spacial score (nSPS) is 21.1. The SMILES string of the molecule is CN=C(NCCCCN1CCN(C)CC1)NCCCOC1CCCCC1. The van der Waals surface area contributed by atoms with Gasteiger partial charge in [0.2, 0.25) is 0 Å². The summed E-state index contributed by atoms with van der Waals surface area (Å²) in [5.41, 5.74) is 0. The van der Waals surface area contributed by atoms with Crippen molar-refractivity contribution in [1.29, 1.82) is 0 Å². The van der Waals surface area contributed by atoms with Crippen molar-refractivity contribution in [2.75, 3.05) is 66.5 Å². The summed E-state index contributed by atoms with van der Waals surface area (Å²) in [4.78, 5) is 9.30. The number of unbranched alkanes of at least 4 members (excludes halogenated alkanes) is 1. The minimum Gasteiger partial charge on any atom is -0.378 e. The standard InChI is InChI=1S/C20H41N5O/c1-21-20(23-12-8-18-26-19-9-4-3-5-10-19)22-11-6-7-13-25-16-14-24(2)15-17-25/h19H,3-18H2,1-2H3,(H2,21,22,23). The van der Waals surface area contributed by atoms with Crippen molar-refractivity contribution in [3.05, 3.63) is 0 Å². The molecular weight excluding hydrogens is 326 g/mol. The first-order valence-electron chi connectivity index (χ1n) is 10.7. The van der Waals surface area contributed by atoms with Crippen LogP contribution in [0.1, 0.15) is 51.4 Å². The molecule has 0 spiro atoms. The monoisotopic (exact) mass is 367 g/mol. The van der Waals surface area contributed by atoms with Gasteiger partial charge in [0.1, 0.15) is 0 Å². The Morgan fingerprint density at radius 2 is 1.65 bits per heavy atom. The third-order valence-electron chi connectivity index (χ3n) is 5.53. The molecule has 1 saturated carbocycles. The average Bonchev–Trinajstić information content (AvgIpc) is 2.68. The van der Waals surface area contributed by atoms with Gasteiger partial charge >= 0.3 is 0 Å². The molecule has 2 aliphatic rings. The molecular formula is C20H41N5O. The zero-order valence-electron chi connectivity index (χ0n) is 17.1. The Hall–Kier alpha value is -0.850. The van der Waals surface area contributed by atoms with Gasteiger partial charge in [-0.2, -0.15) is 0 Å². The van der Waals surface area contributed by atoms with Crippen molar-refractivity contribution in [3.63, 3.8) is 0 Å². The molecule has 26 heavy (non-hydrogen) atoms. The van der Waals surface area contributed by atoms with Crippen molar-refractivity contribution >= 4 is 5.96 Å². The summed E-state index contributed by atoms with van der Waals surface area (Å²) in [6, 6.07) is 0. The highest BCUT2D eigenvalue weighted by Gasteiger charge is 2.13. The highest BCUT2D eigenvalue weighted by molar-refractivity contribution is 5.79. The van der Waals surface area contributed by atoms with Gasteiger partial charge in [-0.1, -0.05) is 19.3 Å². The molecule has 0 aromatic carbocycles. The molecule has 1 heterocycles. The van der Waals surface area contributed by atoms with E-state index in [1.54, 1.807) is 0 Å². The Kier molecular flexibility index (Phi) is 11.0. The molecule has 6 nitrogen and oxygen atoms in total. The maximum Gasteiger partial charge on any atom is 0.190 e. The first-order valence-corrected chi connectivity index (χ1v) is 10.7. The molecule has 152 valence electrons. The Morgan fingerprint density at radius 3 is 2.35 bits per heavy atom. The van der Waals surface area contributed by atoms with Crippen LogP contribution in [-0.4, -0.2) is 88.4 Å². The van der Waals surface area contributed by atoms with Gasteiger partial charge in [-0.25, -0.2) is 0 Å². The van der Waals surface area contributed by atoms with Crippen LogP contribution in [0.5, 0.6) is 0 Å². The minimum atomic E-state index is 0.515. The van der Waals surface area contributed by atoms with Crippen molar-refractivity contribution < 1.29 is 4.74 Å². The van der Waals surface area contributed by atoms with Crippen LogP contribution in [0.15, 0.2) is 4.99 Å². The van der Waals surface area contributed by atoms with E-state index in [0.717, 1.165) is 32.1 Å². The van der Waals surface area contributed by atoms with Gasteiger partial charge in [-0.05, 0) is 45.7 Å². The van der Waals surface area contributed by atoms with Gasteiger partial charge in [0.15, 0.2) is 5.96 Å². The summed E-state index contributed by atoms with van der Waals surface area (Å²) in [6.07, 6.45) is 10.6. The lowest BCUT2D eigenvalue weighted by Crippen LogP contribution is -2.44. The minimum absolute atomic E-state index is 0.515. The zero-order valence-corrected chi connectivity index (χ0v) is 17.1. The molecule has 0 radical (unpaired) electrons. The van der Waals surface area contributed by atoms with E-state index in [2.05, 4.69) is 32.5 Å². The maximum atomic E-state index is 5.97. The molecule has 2 rings (SSSR count). The molecule has 2 N–H and O–H groups in total. The van der Waals surface area contributed by atoms with Crippen LogP contribution in [0, 0.1) is 0 Å². The van der Waals surface area contributed by atoms with Gasteiger partial charge in [0, 0.05) is 52.9 Å². The van der Waals surface area contributed by atoms with Gasteiger partial charge in [0.05, 0.1) is 6.10 Å². The first-order chi connectivity index (χ1) is 12.8. The fourth-order valence-corrected chi connectivity index (χ4v) is 3.72. The fourth-order valence-electron chi connectivity index (χ4n) is 3.72. The maximum absolute atomic E-state index is 5.97. The van der Waals surface area contributed by atoms with E-state index in [9.17, 15) is 0 Å². The van der Waals surface area contributed by atoms with Crippen LogP contribution < -0.4 is 10.6 Å². The second kappa shape index (κ2) is 13.3. The highest BCUT2D eigenvalue weighted by atomic mass is 16.5. The van der Waals surface area contributed by atoms with Crippen LogP contribution in [0.4, 0.5) is 0 Å². The van der Waals surface area contributed by atoms with Crippen LogP contribution in [-0.2, 0) is 4.74 Å². The second-order valence-corrected chi connectivity index (χ2v) is 7.76. The molecule has 1 saturated heterocycles. The molecule has 0 bridgehead atoms. The summed E-state index contributed by atoms with van der Waals surface area (Å²) in [7, 11) is 4.06. The van der Waals surface area contributed by atoms with E-state index in [0.29, 0.717) is 6.10 Å². The number of hydrogen-bond acceptors (Lipinski definition) is 4. The quantitative estimate of drug-likeness (QED) is 0.351. The lowest BCUT2D eigenvalue weighted by Gasteiger charge is -2.32. The molecule has 0 unspecified atom stereocenters. The number of hydrogen-bond donors (Lipinski definition) is 2. The van der Waals surface area contributed by atoms with E-state index in [4.69, 9.17) is 4.74 Å². The third-order valence-corrected chi connectivity index (χ3v) is 5.53. The number of guanidine groups is 1. The highest BCUT2D eigenvalue weighted by Crippen LogP contribution is 2.20. The van der Waals surface area contributed by atoms with Crippen molar-refractivity contribution in [2.24, 2.45) is 4.99 Å². The molecule has 0 aromatic heterocycles. The first kappa shape index (κ1) is 21.5. The predicted molar refractivity (Wildman–Crippen MR) is 110 cm³/mol. The summed E-state index contributed by atoms with van der Waals surface area (Å²) >= 11 is 0. The number of nitrogens with one attached hydrogen (secondary N) is 2. The smallest absolute Gasteiger partial charge is 0.190 e. The van der Waals surface area contributed by atoms with Gasteiger partial charge in [-0.3, -0.25) is 4.99 Å². The van der Waals surface area contributed by atoms with Crippen molar-refractivity contribution in [2.45, 2.75) is 57.5 Å². The summed E-state index contributed by atoms with van der Waals surface area (Å²) in [6.45, 7) is 8.85. The van der Waals surface area contributed by atoms with Gasteiger partial charge in [-0.15, -0.1) is 0 Å².